The highest BCUT2D eigenvalue weighted by Crippen LogP contribution is 2.16. The van der Waals surface area contributed by atoms with Gasteiger partial charge in [0.2, 0.25) is 10.0 Å². The van der Waals surface area contributed by atoms with Crippen molar-refractivity contribution in [1.82, 2.24) is 4.90 Å². The van der Waals surface area contributed by atoms with Crippen LogP contribution in [0.25, 0.3) is 0 Å². The predicted octanol–water partition coefficient (Wildman–Crippen LogP) is 3.94. The van der Waals surface area contributed by atoms with Gasteiger partial charge in [-0.15, -0.1) is 0 Å². The van der Waals surface area contributed by atoms with Gasteiger partial charge in [0.15, 0.2) is 0 Å². The number of carbonyl (C=O) groups is 1. The molecule has 0 spiro atoms. The molecule has 0 aliphatic carbocycles. The lowest BCUT2D eigenvalue weighted by Gasteiger charge is -2.23. The summed E-state index contributed by atoms with van der Waals surface area (Å²) in [6, 6.07) is 26.4. The summed E-state index contributed by atoms with van der Waals surface area (Å²) in [4.78, 5) is 15.0. The Morgan fingerprint density at radius 1 is 0.862 bits per heavy atom. The molecule has 0 saturated heterocycles. The van der Waals surface area contributed by atoms with Gasteiger partial charge < -0.3 is 4.90 Å². The molecule has 1 N–H and O–H groups in total. The van der Waals surface area contributed by atoms with Gasteiger partial charge in [0.1, 0.15) is 0 Å². The van der Waals surface area contributed by atoms with Crippen LogP contribution < -0.4 is 4.72 Å². The second-order valence-corrected chi connectivity index (χ2v) is 8.65. The van der Waals surface area contributed by atoms with Crippen LogP contribution in [0.15, 0.2) is 84.9 Å². The average Bonchev–Trinajstić information content (AvgIpc) is 2.71. The van der Waals surface area contributed by atoms with Gasteiger partial charge in [-0.05, 0) is 35.7 Å². The number of nitrogens with zero attached hydrogens (tertiary/aromatic N) is 1. The second-order valence-electron chi connectivity index (χ2n) is 6.90. The number of hydrogen-bond acceptors (Lipinski definition) is 3. The Balaban J connectivity index is 1.82. The van der Waals surface area contributed by atoms with E-state index >= 15 is 0 Å². The van der Waals surface area contributed by atoms with E-state index in [1.54, 1.807) is 29.2 Å². The van der Waals surface area contributed by atoms with E-state index in [4.69, 9.17) is 0 Å². The predicted molar refractivity (Wildman–Crippen MR) is 116 cm³/mol. The topological polar surface area (TPSA) is 66.5 Å². The van der Waals surface area contributed by atoms with E-state index < -0.39 is 10.0 Å². The van der Waals surface area contributed by atoms with Crippen LogP contribution >= 0.6 is 0 Å². The number of amides is 1. The smallest absolute Gasteiger partial charge is 0.254 e. The highest BCUT2D eigenvalue weighted by atomic mass is 32.2. The van der Waals surface area contributed by atoms with Crippen LogP contribution in [-0.2, 0) is 23.0 Å². The Bertz CT molecular complexity index is 1050. The first kappa shape index (κ1) is 20.6. The lowest BCUT2D eigenvalue weighted by Crippen LogP contribution is -2.32. The van der Waals surface area contributed by atoms with Crippen LogP contribution in [0.3, 0.4) is 0 Å². The molecule has 0 aromatic heterocycles. The van der Waals surface area contributed by atoms with E-state index in [1.165, 1.54) is 0 Å². The summed E-state index contributed by atoms with van der Waals surface area (Å²) in [5.74, 6) is -0.137. The molecule has 0 fully saturated rings. The fourth-order valence-corrected chi connectivity index (χ4v) is 3.63. The summed E-state index contributed by atoms with van der Waals surface area (Å²) in [5, 5.41) is 0. The molecule has 0 aliphatic heterocycles. The maximum atomic E-state index is 13.2. The summed E-state index contributed by atoms with van der Waals surface area (Å²) in [6.07, 6.45) is 1.82. The number of rotatable bonds is 8. The average molecular weight is 409 g/mol. The first-order valence-corrected chi connectivity index (χ1v) is 11.2. The Labute approximate surface area is 172 Å². The fraction of sp³-hybridized carbons (Fsp3) is 0.174. The van der Waals surface area contributed by atoms with Gasteiger partial charge in [-0.3, -0.25) is 9.52 Å². The summed E-state index contributed by atoms with van der Waals surface area (Å²) < 4.78 is 25.4. The van der Waals surface area contributed by atoms with Crippen molar-refractivity contribution in [2.75, 3.05) is 17.5 Å². The number of benzene rings is 3. The zero-order valence-electron chi connectivity index (χ0n) is 16.3. The SMILES string of the molecule is CS(=O)(=O)Nc1cccc(C(=O)N(CCc2ccccc2)Cc2ccccc2)c1. The lowest BCUT2D eigenvalue weighted by atomic mass is 10.1. The molecule has 0 bridgehead atoms. The zero-order chi connectivity index (χ0) is 20.7. The standard InChI is InChI=1S/C23H24N2O3S/c1-29(27,28)24-22-14-8-13-21(17-22)23(26)25(18-20-11-6-3-7-12-20)16-15-19-9-4-2-5-10-19/h2-14,17,24H,15-16,18H2,1H3. The van der Waals surface area contributed by atoms with Gasteiger partial charge in [0, 0.05) is 24.3 Å². The molecule has 0 heterocycles. The quantitative estimate of drug-likeness (QED) is 0.614. The molecule has 0 atom stereocenters. The molecule has 3 aromatic carbocycles. The normalized spacial score (nSPS) is 11.1. The van der Waals surface area contributed by atoms with Crippen molar-refractivity contribution in [1.29, 1.82) is 0 Å². The number of carbonyl (C=O) groups excluding carboxylic acids is 1. The molecule has 5 nitrogen and oxygen atoms in total. The third kappa shape index (κ3) is 6.47. The van der Waals surface area contributed by atoms with Gasteiger partial charge in [-0.25, -0.2) is 8.42 Å². The number of nitrogens with one attached hydrogen (secondary N) is 1. The largest absolute Gasteiger partial charge is 0.334 e. The summed E-state index contributed by atoms with van der Waals surface area (Å²) in [6.45, 7) is 1.04. The van der Waals surface area contributed by atoms with E-state index in [0.717, 1.165) is 23.8 Å². The summed E-state index contributed by atoms with van der Waals surface area (Å²) in [5.41, 5.74) is 3.02. The van der Waals surface area contributed by atoms with Gasteiger partial charge in [-0.1, -0.05) is 66.7 Å². The van der Waals surface area contributed by atoms with E-state index in [0.29, 0.717) is 24.3 Å². The van der Waals surface area contributed by atoms with Crippen LogP contribution in [-0.4, -0.2) is 32.0 Å². The minimum Gasteiger partial charge on any atom is -0.334 e. The fourth-order valence-electron chi connectivity index (χ4n) is 3.08. The van der Waals surface area contributed by atoms with Gasteiger partial charge in [0.05, 0.1) is 6.26 Å². The molecule has 0 unspecified atom stereocenters. The van der Waals surface area contributed by atoms with Crippen molar-refractivity contribution in [2.45, 2.75) is 13.0 Å². The van der Waals surface area contributed by atoms with Crippen molar-refractivity contribution in [3.8, 4) is 0 Å². The Kier molecular flexibility index (Phi) is 6.67. The molecular formula is C23H24N2O3S. The molecule has 0 aliphatic rings. The Hall–Kier alpha value is -3.12. The molecule has 0 radical (unpaired) electrons. The maximum Gasteiger partial charge on any atom is 0.254 e. The monoisotopic (exact) mass is 408 g/mol. The highest BCUT2D eigenvalue weighted by Gasteiger charge is 2.17. The molecule has 150 valence electrons. The van der Waals surface area contributed by atoms with Gasteiger partial charge >= 0.3 is 0 Å². The van der Waals surface area contributed by atoms with Crippen LogP contribution in [0.4, 0.5) is 5.69 Å². The molecular weight excluding hydrogens is 384 g/mol. The van der Waals surface area contributed by atoms with Crippen molar-refractivity contribution in [2.24, 2.45) is 0 Å². The second kappa shape index (κ2) is 9.39. The molecule has 1 amide bonds. The third-order valence-corrected chi connectivity index (χ3v) is 5.04. The number of anilines is 1. The maximum absolute atomic E-state index is 13.2. The van der Waals surface area contributed by atoms with E-state index in [9.17, 15) is 13.2 Å². The van der Waals surface area contributed by atoms with Crippen molar-refractivity contribution in [3.05, 3.63) is 102 Å². The third-order valence-electron chi connectivity index (χ3n) is 4.43. The molecule has 3 aromatic rings. The van der Waals surface area contributed by atoms with E-state index in [1.807, 2.05) is 60.7 Å². The Morgan fingerprint density at radius 2 is 1.48 bits per heavy atom. The minimum atomic E-state index is -3.41. The number of sulfonamides is 1. The molecule has 6 heteroatoms. The van der Waals surface area contributed by atoms with Crippen LogP contribution in [0.1, 0.15) is 21.5 Å². The van der Waals surface area contributed by atoms with Gasteiger partial charge in [-0.2, -0.15) is 0 Å². The van der Waals surface area contributed by atoms with Crippen LogP contribution in [0.5, 0.6) is 0 Å². The molecule has 3 rings (SSSR count). The lowest BCUT2D eigenvalue weighted by molar-refractivity contribution is 0.0745. The van der Waals surface area contributed by atoms with E-state index in [2.05, 4.69) is 4.72 Å². The molecule has 0 saturated carbocycles. The van der Waals surface area contributed by atoms with Crippen molar-refractivity contribution in [3.63, 3.8) is 0 Å². The van der Waals surface area contributed by atoms with Gasteiger partial charge in [0.25, 0.3) is 5.91 Å². The minimum absolute atomic E-state index is 0.137. The van der Waals surface area contributed by atoms with Crippen LogP contribution in [0, 0.1) is 0 Å². The van der Waals surface area contributed by atoms with E-state index in [-0.39, 0.29) is 5.91 Å². The van der Waals surface area contributed by atoms with Crippen molar-refractivity contribution >= 4 is 21.6 Å². The Morgan fingerprint density at radius 3 is 2.10 bits per heavy atom. The first-order chi connectivity index (χ1) is 13.9. The highest BCUT2D eigenvalue weighted by molar-refractivity contribution is 7.92. The molecule has 29 heavy (non-hydrogen) atoms. The van der Waals surface area contributed by atoms with Crippen LogP contribution in [0.2, 0.25) is 0 Å². The van der Waals surface area contributed by atoms with Crippen molar-refractivity contribution < 1.29 is 13.2 Å². The summed E-state index contributed by atoms with van der Waals surface area (Å²) in [7, 11) is -3.41. The summed E-state index contributed by atoms with van der Waals surface area (Å²) >= 11 is 0. The first-order valence-electron chi connectivity index (χ1n) is 9.36. The zero-order valence-corrected chi connectivity index (χ0v) is 17.1. The number of hydrogen-bond donors (Lipinski definition) is 1.